The first-order valence-electron chi connectivity index (χ1n) is 9.69. The van der Waals surface area contributed by atoms with E-state index in [1.807, 2.05) is 13.8 Å². The first-order chi connectivity index (χ1) is 13.5. The molecule has 1 aliphatic heterocycles. The zero-order valence-corrected chi connectivity index (χ0v) is 17.0. The number of nitrogens with zero attached hydrogens (tertiary/aromatic N) is 3. The molecule has 152 valence electrons. The van der Waals surface area contributed by atoms with E-state index < -0.39 is 5.97 Å². The third kappa shape index (κ3) is 5.99. The van der Waals surface area contributed by atoms with Gasteiger partial charge in [-0.2, -0.15) is 0 Å². The summed E-state index contributed by atoms with van der Waals surface area (Å²) in [7, 11) is 3.43. The number of carbonyl (C=O) groups is 1. The second-order valence-corrected chi connectivity index (χ2v) is 6.57. The molecule has 0 aliphatic carbocycles. The molecule has 0 radical (unpaired) electrons. The fourth-order valence-corrected chi connectivity index (χ4v) is 3.02. The van der Waals surface area contributed by atoms with Gasteiger partial charge < -0.3 is 15.0 Å². The van der Waals surface area contributed by atoms with Crippen molar-refractivity contribution in [2.45, 2.75) is 39.2 Å². The minimum atomic E-state index is -0.524. The molecule has 0 amide bonds. The predicted molar refractivity (Wildman–Crippen MR) is 108 cm³/mol. The topological polar surface area (TPSA) is 67.3 Å². The Bertz CT molecular complexity index is 760. The van der Waals surface area contributed by atoms with Crippen molar-refractivity contribution < 1.29 is 13.9 Å². The molecular weight excluding hydrogens is 359 g/mol. The Morgan fingerprint density at radius 2 is 1.89 bits per heavy atom. The molecule has 1 fully saturated rings. The predicted octanol–water partition coefficient (Wildman–Crippen LogP) is 3.53. The van der Waals surface area contributed by atoms with Gasteiger partial charge in [0.1, 0.15) is 11.6 Å². The number of benzene rings is 1. The summed E-state index contributed by atoms with van der Waals surface area (Å²) in [5.41, 5.74) is 1.71. The largest absolute Gasteiger partial charge is 0.464 e. The zero-order chi connectivity index (χ0) is 20.5. The van der Waals surface area contributed by atoms with Gasteiger partial charge in [0.25, 0.3) is 0 Å². The van der Waals surface area contributed by atoms with Gasteiger partial charge in [-0.05, 0) is 50.7 Å². The number of nitrogens with one attached hydrogen (secondary N) is 1. The summed E-state index contributed by atoms with van der Waals surface area (Å²) < 4.78 is 17.9. The number of piperidine rings is 1. The Balaban J connectivity index is 0.00000136. The maximum atomic E-state index is 13.2. The fourth-order valence-electron chi connectivity index (χ4n) is 3.02. The Morgan fingerprint density at radius 1 is 1.25 bits per heavy atom. The summed E-state index contributed by atoms with van der Waals surface area (Å²) in [4.78, 5) is 22.9. The number of esters is 1. The van der Waals surface area contributed by atoms with E-state index in [-0.39, 0.29) is 11.5 Å². The average Bonchev–Trinajstić information content (AvgIpc) is 2.73. The normalized spacial score (nSPS) is 14.8. The second kappa shape index (κ2) is 10.7. The Kier molecular flexibility index (Phi) is 8.32. The number of halogens is 1. The summed E-state index contributed by atoms with van der Waals surface area (Å²) >= 11 is 0. The van der Waals surface area contributed by atoms with Gasteiger partial charge in [0.05, 0.1) is 19.0 Å². The maximum absolute atomic E-state index is 13.2. The van der Waals surface area contributed by atoms with Crippen LogP contribution < -0.4 is 5.32 Å². The Morgan fingerprint density at radius 3 is 2.50 bits per heavy atom. The smallest absolute Gasteiger partial charge is 0.358 e. The van der Waals surface area contributed by atoms with Crippen LogP contribution in [0.15, 0.2) is 30.5 Å². The van der Waals surface area contributed by atoms with Crippen molar-refractivity contribution in [1.29, 1.82) is 0 Å². The number of methoxy groups -OCH3 is 1. The van der Waals surface area contributed by atoms with Gasteiger partial charge in [-0.15, -0.1) is 0 Å². The lowest BCUT2D eigenvalue weighted by atomic mass is 10.0. The lowest BCUT2D eigenvalue weighted by molar-refractivity contribution is 0.0593. The monoisotopic (exact) mass is 388 g/mol. The highest BCUT2D eigenvalue weighted by Gasteiger charge is 2.20. The maximum Gasteiger partial charge on any atom is 0.358 e. The van der Waals surface area contributed by atoms with Gasteiger partial charge in [0.15, 0.2) is 5.69 Å². The van der Waals surface area contributed by atoms with Crippen molar-refractivity contribution in [3.05, 3.63) is 53.2 Å². The van der Waals surface area contributed by atoms with Gasteiger partial charge in [0.2, 0.25) is 0 Å². The molecule has 0 unspecified atom stereocenters. The van der Waals surface area contributed by atoms with Gasteiger partial charge in [0, 0.05) is 12.5 Å². The van der Waals surface area contributed by atoms with Crippen molar-refractivity contribution in [1.82, 2.24) is 14.9 Å². The Labute approximate surface area is 166 Å². The van der Waals surface area contributed by atoms with E-state index in [9.17, 15) is 9.18 Å². The number of aromatic nitrogens is 2. The fraction of sp³-hybridized carbons (Fsp3) is 0.476. The first-order valence-corrected chi connectivity index (χ1v) is 9.69. The van der Waals surface area contributed by atoms with Crippen LogP contribution >= 0.6 is 0 Å². The van der Waals surface area contributed by atoms with Crippen molar-refractivity contribution in [2.75, 3.05) is 32.6 Å². The van der Waals surface area contributed by atoms with Crippen LogP contribution in [-0.2, 0) is 11.2 Å². The highest BCUT2D eigenvalue weighted by Crippen LogP contribution is 2.20. The SMILES string of the molecule is CC.COC(=O)c1cnc(NC2CCN(C)CC2)c(Cc2ccc(F)cc2)n1. The van der Waals surface area contributed by atoms with Crippen LogP contribution in [0.3, 0.4) is 0 Å². The van der Waals surface area contributed by atoms with E-state index in [4.69, 9.17) is 4.74 Å². The number of rotatable bonds is 5. The molecule has 1 N–H and O–H groups in total. The third-order valence-corrected chi connectivity index (χ3v) is 4.58. The molecule has 0 spiro atoms. The number of likely N-dealkylation sites (tertiary alicyclic amines) is 1. The van der Waals surface area contributed by atoms with Crippen molar-refractivity contribution in [3.63, 3.8) is 0 Å². The van der Waals surface area contributed by atoms with Crippen LogP contribution in [0, 0.1) is 5.82 Å². The number of hydrogen-bond acceptors (Lipinski definition) is 6. The standard InChI is InChI=1S/C19H23FN4O2.C2H6/c1-24-9-7-15(8-10-24)22-18-16(11-13-3-5-14(20)6-4-13)23-17(12-21-18)19(25)26-2;1-2/h3-6,12,15H,7-11H2,1-2H3,(H,21,22);1-2H3. The molecule has 28 heavy (non-hydrogen) atoms. The van der Waals surface area contributed by atoms with Crippen molar-refractivity contribution in [2.24, 2.45) is 0 Å². The van der Waals surface area contributed by atoms with Crippen LogP contribution in [0.4, 0.5) is 10.2 Å². The van der Waals surface area contributed by atoms with Crippen LogP contribution in [0.5, 0.6) is 0 Å². The highest BCUT2D eigenvalue weighted by molar-refractivity contribution is 5.87. The van der Waals surface area contributed by atoms with Crippen molar-refractivity contribution in [3.8, 4) is 0 Å². The summed E-state index contributed by atoms with van der Waals surface area (Å²) in [6.07, 6.45) is 3.92. The molecule has 7 heteroatoms. The molecule has 3 rings (SSSR count). The van der Waals surface area contributed by atoms with E-state index in [1.54, 1.807) is 12.1 Å². The van der Waals surface area contributed by atoms with Crippen LogP contribution in [0.1, 0.15) is 48.4 Å². The van der Waals surface area contributed by atoms with E-state index in [0.717, 1.165) is 31.5 Å². The summed E-state index contributed by atoms with van der Waals surface area (Å²) in [6, 6.07) is 6.56. The second-order valence-electron chi connectivity index (χ2n) is 6.57. The van der Waals surface area contributed by atoms with Crippen LogP contribution in [0.25, 0.3) is 0 Å². The molecule has 1 aromatic carbocycles. The van der Waals surface area contributed by atoms with E-state index in [0.29, 0.717) is 24.0 Å². The quantitative estimate of drug-likeness (QED) is 0.791. The summed E-state index contributed by atoms with van der Waals surface area (Å²) in [6.45, 7) is 6.05. The molecule has 2 heterocycles. The molecule has 0 atom stereocenters. The Hall–Kier alpha value is -2.54. The van der Waals surface area contributed by atoms with E-state index in [1.165, 1.54) is 25.4 Å². The molecule has 1 saturated heterocycles. The average molecular weight is 388 g/mol. The minimum absolute atomic E-state index is 0.165. The highest BCUT2D eigenvalue weighted by atomic mass is 19.1. The number of anilines is 1. The molecule has 2 aromatic rings. The summed E-state index contributed by atoms with van der Waals surface area (Å²) in [5, 5.41) is 3.46. The number of carbonyl (C=O) groups excluding carboxylic acids is 1. The van der Waals surface area contributed by atoms with Crippen LogP contribution in [0.2, 0.25) is 0 Å². The molecule has 0 bridgehead atoms. The lowest BCUT2D eigenvalue weighted by Gasteiger charge is -2.30. The molecule has 6 nitrogen and oxygen atoms in total. The van der Waals surface area contributed by atoms with Gasteiger partial charge in [-0.1, -0.05) is 26.0 Å². The molecule has 1 aromatic heterocycles. The molecule has 1 aliphatic rings. The molecule has 0 saturated carbocycles. The van der Waals surface area contributed by atoms with E-state index >= 15 is 0 Å². The van der Waals surface area contributed by atoms with Crippen LogP contribution in [-0.4, -0.2) is 54.1 Å². The van der Waals surface area contributed by atoms with Gasteiger partial charge in [-0.25, -0.2) is 19.2 Å². The number of ether oxygens (including phenoxy) is 1. The first kappa shape index (κ1) is 21.8. The van der Waals surface area contributed by atoms with Gasteiger partial charge >= 0.3 is 5.97 Å². The van der Waals surface area contributed by atoms with E-state index in [2.05, 4.69) is 27.2 Å². The lowest BCUT2D eigenvalue weighted by Crippen LogP contribution is -2.37. The van der Waals surface area contributed by atoms with Crippen molar-refractivity contribution >= 4 is 11.8 Å². The zero-order valence-electron chi connectivity index (χ0n) is 17.0. The van der Waals surface area contributed by atoms with Gasteiger partial charge in [-0.3, -0.25) is 0 Å². The minimum Gasteiger partial charge on any atom is -0.464 e. The third-order valence-electron chi connectivity index (χ3n) is 4.58. The number of hydrogen-bond donors (Lipinski definition) is 1. The molecular formula is C21H29FN4O2. The summed E-state index contributed by atoms with van der Waals surface area (Å²) in [5.74, 6) is -0.145.